The van der Waals surface area contributed by atoms with Crippen LogP contribution in [-0.2, 0) is 0 Å². The quantitative estimate of drug-likeness (QED) is 0.626. The van der Waals surface area contributed by atoms with Crippen molar-refractivity contribution in [3.8, 4) is 6.07 Å². The lowest BCUT2D eigenvalue weighted by Gasteiger charge is -2.11. The first-order valence-electron chi connectivity index (χ1n) is 6.19. The van der Waals surface area contributed by atoms with Gasteiger partial charge < -0.3 is 5.32 Å². The second-order valence-corrected chi connectivity index (χ2v) is 6.20. The van der Waals surface area contributed by atoms with Crippen molar-refractivity contribution in [2.24, 2.45) is 0 Å². The summed E-state index contributed by atoms with van der Waals surface area (Å²) in [5.41, 5.74) is 3.06. The number of anilines is 2. The molecule has 0 radical (unpaired) electrons. The Hall–Kier alpha value is -1.90. The number of aromatic nitrogens is 1. The van der Waals surface area contributed by atoms with E-state index in [2.05, 4.69) is 48.2 Å². The summed E-state index contributed by atoms with van der Waals surface area (Å²) in [4.78, 5) is 4.45. The van der Waals surface area contributed by atoms with Crippen LogP contribution >= 0.6 is 31.9 Å². The number of benzene rings is 2. The summed E-state index contributed by atoms with van der Waals surface area (Å²) in [6.45, 7) is 0. The molecule has 0 bridgehead atoms. The molecule has 21 heavy (non-hydrogen) atoms. The van der Waals surface area contributed by atoms with Gasteiger partial charge in [0, 0.05) is 20.5 Å². The van der Waals surface area contributed by atoms with E-state index in [9.17, 15) is 5.26 Å². The fourth-order valence-electron chi connectivity index (χ4n) is 2.12. The monoisotopic (exact) mass is 401 g/mol. The van der Waals surface area contributed by atoms with E-state index in [4.69, 9.17) is 0 Å². The molecule has 3 aromatic rings. The molecular formula is C16H9Br2N3. The number of fused-ring (bicyclic) bond motifs is 1. The molecule has 1 heterocycles. The van der Waals surface area contributed by atoms with E-state index in [-0.39, 0.29) is 0 Å². The lowest BCUT2D eigenvalue weighted by Crippen LogP contribution is -1.96. The molecule has 2 aromatic carbocycles. The van der Waals surface area contributed by atoms with Crippen molar-refractivity contribution in [1.29, 1.82) is 5.26 Å². The molecule has 3 rings (SSSR count). The van der Waals surface area contributed by atoms with Gasteiger partial charge in [-0.15, -0.1) is 0 Å². The molecule has 0 aliphatic rings. The Bertz CT molecular complexity index is 869. The number of hydrogen-bond acceptors (Lipinski definition) is 3. The number of nitrogens with one attached hydrogen (secondary N) is 1. The van der Waals surface area contributed by atoms with Gasteiger partial charge in [-0.2, -0.15) is 5.26 Å². The highest BCUT2D eigenvalue weighted by Crippen LogP contribution is 2.30. The molecule has 0 unspecified atom stereocenters. The van der Waals surface area contributed by atoms with Crippen LogP contribution in [0.3, 0.4) is 0 Å². The van der Waals surface area contributed by atoms with Gasteiger partial charge in [-0.25, -0.2) is 0 Å². The van der Waals surface area contributed by atoms with E-state index < -0.39 is 0 Å². The average molecular weight is 403 g/mol. The summed E-state index contributed by atoms with van der Waals surface area (Å²) < 4.78 is 1.71. The Morgan fingerprint density at radius 1 is 1.05 bits per heavy atom. The van der Waals surface area contributed by atoms with Gasteiger partial charge in [0.05, 0.1) is 22.5 Å². The van der Waals surface area contributed by atoms with Crippen molar-refractivity contribution in [1.82, 2.24) is 4.98 Å². The lowest BCUT2D eigenvalue weighted by atomic mass is 10.1. The molecule has 0 aliphatic heterocycles. The highest BCUT2D eigenvalue weighted by atomic mass is 79.9. The Morgan fingerprint density at radius 3 is 2.62 bits per heavy atom. The first-order chi connectivity index (χ1) is 10.2. The van der Waals surface area contributed by atoms with Crippen LogP contribution in [0.1, 0.15) is 5.56 Å². The normalized spacial score (nSPS) is 10.3. The lowest BCUT2D eigenvalue weighted by molar-refractivity contribution is 1.38. The smallest absolute Gasteiger partial charge is 0.103 e. The maximum absolute atomic E-state index is 9.29. The molecule has 0 atom stereocenters. The van der Waals surface area contributed by atoms with Crippen LogP contribution in [0.2, 0.25) is 0 Å². The van der Waals surface area contributed by atoms with Crippen LogP contribution in [0.15, 0.2) is 57.6 Å². The Kier molecular flexibility index (Phi) is 3.91. The van der Waals surface area contributed by atoms with Crippen LogP contribution in [0.25, 0.3) is 10.9 Å². The van der Waals surface area contributed by atoms with Crippen molar-refractivity contribution in [2.45, 2.75) is 0 Å². The molecule has 0 aliphatic carbocycles. The molecule has 102 valence electrons. The summed E-state index contributed by atoms with van der Waals surface area (Å²) in [7, 11) is 0. The third-order valence-corrected chi connectivity index (χ3v) is 4.17. The minimum atomic E-state index is 0.576. The molecule has 0 fully saturated rings. The Morgan fingerprint density at radius 2 is 1.81 bits per heavy atom. The number of rotatable bonds is 2. The SMILES string of the molecule is N#Cc1c(Br)cccc1Nc1cccc2cc(Br)cnc12. The minimum absolute atomic E-state index is 0.576. The van der Waals surface area contributed by atoms with Crippen molar-refractivity contribution in [3.63, 3.8) is 0 Å². The number of nitriles is 1. The largest absolute Gasteiger partial charge is 0.353 e. The predicted molar refractivity (Wildman–Crippen MR) is 91.6 cm³/mol. The molecule has 1 aromatic heterocycles. The van der Waals surface area contributed by atoms with E-state index in [0.717, 1.165) is 31.2 Å². The fraction of sp³-hybridized carbons (Fsp3) is 0. The molecule has 0 amide bonds. The fourth-order valence-corrected chi connectivity index (χ4v) is 2.93. The Balaban J connectivity index is 2.11. The van der Waals surface area contributed by atoms with Crippen molar-refractivity contribution in [2.75, 3.05) is 5.32 Å². The number of nitrogens with zero attached hydrogens (tertiary/aromatic N) is 2. The third kappa shape index (κ3) is 2.78. The molecule has 0 saturated heterocycles. The molecular weight excluding hydrogens is 394 g/mol. The van der Waals surface area contributed by atoms with Crippen LogP contribution in [0.5, 0.6) is 0 Å². The van der Waals surface area contributed by atoms with Gasteiger partial charge in [-0.05, 0) is 56.1 Å². The van der Waals surface area contributed by atoms with Crippen molar-refractivity contribution in [3.05, 3.63) is 63.2 Å². The molecule has 3 nitrogen and oxygen atoms in total. The van der Waals surface area contributed by atoms with E-state index in [1.54, 1.807) is 6.20 Å². The van der Waals surface area contributed by atoms with Gasteiger partial charge >= 0.3 is 0 Å². The Labute approximate surface area is 138 Å². The summed E-state index contributed by atoms with van der Waals surface area (Å²) in [6, 6.07) is 15.7. The highest BCUT2D eigenvalue weighted by Gasteiger charge is 2.08. The predicted octanol–water partition coefficient (Wildman–Crippen LogP) is 5.38. The molecule has 0 spiro atoms. The zero-order chi connectivity index (χ0) is 14.8. The first kappa shape index (κ1) is 14.1. The topological polar surface area (TPSA) is 48.7 Å². The van der Waals surface area contributed by atoms with Crippen LogP contribution in [0.4, 0.5) is 11.4 Å². The molecule has 1 N–H and O–H groups in total. The minimum Gasteiger partial charge on any atom is -0.353 e. The third-order valence-electron chi connectivity index (χ3n) is 3.07. The van der Waals surface area contributed by atoms with Gasteiger partial charge in [0.15, 0.2) is 0 Å². The van der Waals surface area contributed by atoms with E-state index in [1.807, 2.05) is 42.5 Å². The van der Waals surface area contributed by atoms with Crippen LogP contribution < -0.4 is 5.32 Å². The number of hydrogen-bond donors (Lipinski definition) is 1. The van der Waals surface area contributed by atoms with Gasteiger partial charge in [-0.1, -0.05) is 18.2 Å². The summed E-state index contributed by atoms with van der Waals surface area (Å²) >= 11 is 6.82. The first-order valence-corrected chi connectivity index (χ1v) is 7.77. The number of para-hydroxylation sites is 1. The maximum atomic E-state index is 9.29. The standard InChI is InChI=1S/C16H9Br2N3/c17-11-7-10-3-1-6-15(16(10)20-9-11)21-14-5-2-4-13(18)12(14)8-19/h1-7,9,21H. The van der Waals surface area contributed by atoms with Crippen LogP contribution in [-0.4, -0.2) is 4.98 Å². The maximum Gasteiger partial charge on any atom is 0.103 e. The highest BCUT2D eigenvalue weighted by molar-refractivity contribution is 9.10. The summed E-state index contributed by atoms with van der Waals surface area (Å²) in [5, 5.41) is 13.6. The summed E-state index contributed by atoms with van der Waals surface area (Å²) in [5.74, 6) is 0. The second kappa shape index (κ2) is 5.84. The van der Waals surface area contributed by atoms with Crippen molar-refractivity contribution < 1.29 is 0 Å². The zero-order valence-electron chi connectivity index (χ0n) is 10.8. The van der Waals surface area contributed by atoms with Gasteiger partial charge in [0.1, 0.15) is 6.07 Å². The number of pyridine rings is 1. The van der Waals surface area contributed by atoms with Gasteiger partial charge in [-0.3, -0.25) is 4.98 Å². The molecule has 0 saturated carbocycles. The van der Waals surface area contributed by atoms with Gasteiger partial charge in [0.25, 0.3) is 0 Å². The van der Waals surface area contributed by atoms with Crippen molar-refractivity contribution >= 4 is 54.1 Å². The van der Waals surface area contributed by atoms with E-state index in [0.29, 0.717) is 5.56 Å². The van der Waals surface area contributed by atoms with Gasteiger partial charge in [0.2, 0.25) is 0 Å². The average Bonchev–Trinajstić information content (AvgIpc) is 2.47. The van der Waals surface area contributed by atoms with Crippen LogP contribution in [0, 0.1) is 11.3 Å². The second-order valence-electron chi connectivity index (χ2n) is 4.43. The number of halogens is 2. The van der Waals surface area contributed by atoms with E-state index in [1.165, 1.54) is 0 Å². The summed E-state index contributed by atoms with van der Waals surface area (Å²) in [6.07, 6.45) is 1.76. The van der Waals surface area contributed by atoms with E-state index >= 15 is 0 Å². The molecule has 5 heteroatoms. The zero-order valence-corrected chi connectivity index (χ0v) is 13.9.